The van der Waals surface area contributed by atoms with E-state index in [4.69, 9.17) is 5.11 Å². The lowest BCUT2D eigenvalue weighted by Crippen LogP contribution is -2.25. The number of likely N-dealkylation sites (tertiary alicyclic amines) is 1. The van der Waals surface area contributed by atoms with E-state index in [1.165, 1.54) is 6.92 Å². The number of hydrogen-bond acceptors (Lipinski definition) is 4. The summed E-state index contributed by atoms with van der Waals surface area (Å²) in [4.78, 5) is 23.7. The number of aromatic amines is 1. The fourth-order valence-corrected chi connectivity index (χ4v) is 1.95. The maximum atomic E-state index is 11.1. The Labute approximate surface area is 91.4 Å². The number of aromatic carboxylic acids is 1. The van der Waals surface area contributed by atoms with E-state index in [9.17, 15) is 9.59 Å². The number of rotatable bonds is 2. The fourth-order valence-electron chi connectivity index (χ4n) is 1.95. The number of carbonyl (C=O) groups excluding carboxylic acids is 1. The van der Waals surface area contributed by atoms with Crippen LogP contribution in [-0.2, 0) is 4.79 Å². The predicted molar refractivity (Wildman–Crippen MR) is 53.0 cm³/mol. The highest BCUT2D eigenvalue weighted by Crippen LogP contribution is 2.27. The van der Waals surface area contributed by atoms with Crippen molar-refractivity contribution >= 4 is 11.9 Å². The van der Waals surface area contributed by atoms with Crippen molar-refractivity contribution in [1.29, 1.82) is 0 Å². The molecule has 0 aliphatic carbocycles. The topological polar surface area (TPSA) is 99.2 Å². The molecule has 1 saturated heterocycles. The molecular formula is C9H12N4O3. The van der Waals surface area contributed by atoms with Gasteiger partial charge in [-0.1, -0.05) is 0 Å². The van der Waals surface area contributed by atoms with Gasteiger partial charge in [0.2, 0.25) is 5.91 Å². The third kappa shape index (κ3) is 1.75. The largest absolute Gasteiger partial charge is 0.476 e. The Balaban J connectivity index is 2.17. The van der Waals surface area contributed by atoms with Crippen LogP contribution in [0.2, 0.25) is 0 Å². The lowest BCUT2D eigenvalue weighted by Gasteiger charge is -2.12. The van der Waals surface area contributed by atoms with Crippen molar-refractivity contribution in [3.63, 3.8) is 0 Å². The summed E-state index contributed by atoms with van der Waals surface area (Å²) in [5, 5.41) is 18.7. The van der Waals surface area contributed by atoms with Crippen LogP contribution in [0.5, 0.6) is 0 Å². The molecular weight excluding hydrogens is 212 g/mol. The summed E-state index contributed by atoms with van der Waals surface area (Å²) in [6.07, 6.45) is 0.729. The lowest BCUT2D eigenvalue weighted by atomic mass is 10.0. The molecule has 1 fully saturated rings. The molecule has 1 aliphatic heterocycles. The second kappa shape index (κ2) is 3.92. The average molecular weight is 224 g/mol. The molecule has 1 amide bonds. The highest BCUT2D eigenvalue weighted by Gasteiger charge is 2.31. The number of carboxylic acids is 1. The first kappa shape index (κ1) is 10.6. The minimum absolute atomic E-state index is 0.00266. The molecule has 0 radical (unpaired) electrons. The van der Waals surface area contributed by atoms with Gasteiger partial charge in [-0.15, -0.1) is 5.10 Å². The highest BCUT2D eigenvalue weighted by atomic mass is 16.4. The second-order valence-electron chi connectivity index (χ2n) is 3.81. The Hall–Kier alpha value is -1.92. The molecule has 1 unspecified atom stereocenters. The molecule has 0 saturated carbocycles. The number of nitrogens with zero attached hydrogens (tertiary/aromatic N) is 3. The third-order valence-corrected chi connectivity index (χ3v) is 2.80. The first-order valence-electron chi connectivity index (χ1n) is 4.99. The number of carbonyl (C=O) groups is 2. The van der Waals surface area contributed by atoms with Gasteiger partial charge in [0.05, 0.1) is 0 Å². The van der Waals surface area contributed by atoms with E-state index in [0.717, 1.165) is 6.42 Å². The number of hydrogen-bond donors (Lipinski definition) is 2. The second-order valence-corrected chi connectivity index (χ2v) is 3.81. The zero-order valence-corrected chi connectivity index (χ0v) is 8.80. The van der Waals surface area contributed by atoms with Crippen LogP contribution in [0.4, 0.5) is 0 Å². The summed E-state index contributed by atoms with van der Waals surface area (Å²) in [6.45, 7) is 2.66. The number of aromatic nitrogens is 3. The Bertz CT molecular complexity index is 428. The zero-order chi connectivity index (χ0) is 11.7. The standard InChI is InChI=1S/C9H12N4O3/c1-5(14)13-3-2-6(4-13)7-8(9(15)16)11-12-10-7/h6H,2-4H2,1H3,(H,15,16)(H,10,11,12). The van der Waals surface area contributed by atoms with Crippen molar-refractivity contribution in [3.8, 4) is 0 Å². The number of amides is 1. The van der Waals surface area contributed by atoms with Crippen LogP contribution in [0.15, 0.2) is 0 Å². The van der Waals surface area contributed by atoms with Gasteiger partial charge in [-0.25, -0.2) is 4.79 Å². The fraction of sp³-hybridized carbons (Fsp3) is 0.556. The van der Waals surface area contributed by atoms with Crippen molar-refractivity contribution < 1.29 is 14.7 Å². The molecule has 7 heteroatoms. The van der Waals surface area contributed by atoms with Crippen LogP contribution in [0.1, 0.15) is 35.4 Å². The van der Waals surface area contributed by atoms with Gasteiger partial charge in [0, 0.05) is 25.9 Å². The smallest absolute Gasteiger partial charge is 0.358 e. The maximum absolute atomic E-state index is 11.1. The van der Waals surface area contributed by atoms with Gasteiger partial charge in [-0.05, 0) is 6.42 Å². The minimum atomic E-state index is -1.09. The molecule has 0 bridgehead atoms. The van der Waals surface area contributed by atoms with E-state index >= 15 is 0 Å². The third-order valence-electron chi connectivity index (χ3n) is 2.80. The summed E-state index contributed by atoms with van der Waals surface area (Å²) in [5.41, 5.74) is 0.395. The Kier molecular flexibility index (Phi) is 2.59. The van der Waals surface area contributed by atoms with E-state index < -0.39 is 5.97 Å². The molecule has 2 heterocycles. The number of H-pyrrole nitrogens is 1. The number of nitrogens with one attached hydrogen (secondary N) is 1. The normalized spacial score (nSPS) is 20.1. The van der Waals surface area contributed by atoms with Gasteiger partial charge in [0.1, 0.15) is 5.69 Å². The molecule has 16 heavy (non-hydrogen) atoms. The summed E-state index contributed by atoms with van der Waals surface area (Å²) < 4.78 is 0. The van der Waals surface area contributed by atoms with Crippen molar-refractivity contribution in [2.75, 3.05) is 13.1 Å². The SMILES string of the molecule is CC(=O)N1CCC(c2n[nH]nc2C(=O)O)C1. The Morgan fingerprint density at radius 1 is 1.50 bits per heavy atom. The maximum Gasteiger partial charge on any atom is 0.358 e. The van der Waals surface area contributed by atoms with Crippen molar-refractivity contribution in [2.45, 2.75) is 19.3 Å². The summed E-state index contributed by atoms with van der Waals surface area (Å²) >= 11 is 0. The lowest BCUT2D eigenvalue weighted by molar-refractivity contribution is -0.127. The van der Waals surface area contributed by atoms with E-state index in [2.05, 4.69) is 15.4 Å². The van der Waals surface area contributed by atoms with Gasteiger partial charge >= 0.3 is 5.97 Å². The van der Waals surface area contributed by atoms with Crippen molar-refractivity contribution in [2.24, 2.45) is 0 Å². The highest BCUT2D eigenvalue weighted by molar-refractivity contribution is 5.86. The molecule has 1 atom stereocenters. The van der Waals surface area contributed by atoms with Gasteiger partial charge < -0.3 is 10.0 Å². The van der Waals surface area contributed by atoms with Crippen LogP contribution in [0, 0.1) is 0 Å². The van der Waals surface area contributed by atoms with E-state index in [1.807, 2.05) is 0 Å². The quantitative estimate of drug-likeness (QED) is 0.727. The van der Waals surface area contributed by atoms with Crippen LogP contribution in [0.3, 0.4) is 0 Å². The Morgan fingerprint density at radius 3 is 2.81 bits per heavy atom. The van der Waals surface area contributed by atoms with Crippen molar-refractivity contribution in [3.05, 3.63) is 11.4 Å². The predicted octanol–water partition coefficient (Wildman–Crippen LogP) is -0.161. The molecule has 1 aliphatic rings. The summed E-state index contributed by atoms with van der Waals surface area (Å²) in [7, 11) is 0. The molecule has 2 N–H and O–H groups in total. The summed E-state index contributed by atoms with van der Waals surface area (Å²) in [6, 6.07) is 0. The van der Waals surface area contributed by atoms with E-state index in [1.54, 1.807) is 4.90 Å². The first-order valence-corrected chi connectivity index (χ1v) is 4.99. The van der Waals surface area contributed by atoms with Crippen molar-refractivity contribution in [1.82, 2.24) is 20.3 Å². The minimum Gasteiger partial charge on any atom is -0.476 e. The molecule has 0 spiro atoms. The van der Waals surface area contributed by atoms with Crippen LogP contribution < -0.4 is 0 Å². The van der Waals surface area contributed by atoms with E-state index in [-0.39, 0.29) is 17.5 Å². The monoisotopic (exact) mass is 224 g/mol. The molecule has 1 aromatic rings. The average Bonchev–Trinajstić information content (AvgIpc) is 2.86. The Morgan fingerprint density at radius 2 is 2.25 bits per heavy atom. The summed E-state index contributed by atoms with van der Waals surface area (Å²) in [5.74, 6) is -1.12. The zero-order valence-electron chi connectivity index (χ0n) is 8.80. The molecule has 2 rings (SSSR count). The van der Waals surface area contributed by atoms with E-state index in [0.29, 0.717) is 18.8 Å². The van der Waals surface area contributed by atoms with Crippen LogP contribution >= 0.6 is 0 Å². The molecule has 1 aromatic heterocycles. The van der Waals surface area contributed by atoms with Gasteiger partial charge in [0.15, 0.2) is 5.69 Å². The number of carboxylic acid groups (broad SMARTS) is 1. The molecule has 86 valence electrons. The van der Waals surface area contributed by atoms with Crippen LogP contribution in [0.25, 0.3) is 0 Å². The first-order chi connectivity index (χ1) is 7.59. The molecule has 7 nitrogen and oxygen atoms in total. The van der Waals surface area contributed by atoms with Gasteiger partial charge in [0.25, 0.3) is 0 Å². The van der Waals surface area contributed by atoms with Gasteiger partial charge in [-0.2, -0.15) is 10.3 Å². The van der Waals surface area contributed by atoms with Crippen LogP contribution in [-0.4, -0.2) is 50.4 Å². The van der Waals surface area contributed by atoms with Gasteiger partial charge in [-0.3, -0.25) is 4.79 Å². The molecule has 0 aromatic carbocycles.